The zero-order chi connectivity index (χ0) is 14.6. The third-order valence-electron chi connectivity index (χ3n) is 4.01. The monoisotopic (exact) mass is 270 g/mol. The molecule has 0 aromatic heterocycles. The first kappa shape index (κ1) is 16.2. The van der Waals surface area contributed by atoms with Crippen LogP contribution in [0.1, 0.15) is 40.5 Å². The normalized spacial score (nSPS) is 20.9. The summed E-state index contributed by atoms with van der Waals surface area (Å²) >= 11 is 0. The molecule has 0 saturated carbocycles. The average Bonchev–Trinajstić information content (AvgIpc) is 2.66. The van der Waals surface area contributed by atoms with Crippen molar-refractivity contribution in [2.75, 3.05) is 13.2 Å². The van der Waals surface area contributed by atoms with Gasteiger partial charge in [-0.05, 0) is 24.2 Å². The van der Waals surface area contributed by atoms with Gasteiger partial charge in [-0.2, -0.15) is 0 Å². The molecule has 1 saturated heterocycles. The Hall–Kier alpha value is -0.870. The molecular weight excluding hydrogens is 244 g/mol. The summed E-state index contributed by atoms with van der Waals surface area (Å²) in [5, 5.41) is 18.5. The fourth-order valence-corrected chi connectivity index (χ4v) is 2.69. The summed E-state index contributed by atoms with van der Waals surface area (Å²) in [4.78, 5) is 11.7. The Morgan fingerprint density at radius 1 is 1.21 bits per heavy atom. The molecule has 110 valence electrons. The molecule has 1 heterocycles. The van der Waals surface area contributed by atoms with Crippen molar-refractivity contribution >= 4 is 5.97 Å². The van der Waals surface area contributed by atoms with Crippen LogP contribution in [0.15, 0.2) is 11.6 Å². The largest absolute Gasteiger partial charge is 0.450 e. The van der Waals surface area contributed by atoms with Gasteiger partial charge >= 0.3 is 5.97 Å². The Kier molecular flexibility index (Phi) is 5.56. The van der Waals surface area contributed by atoms with Gasteiger partial charge in [-0.15, -0.1) is 0 Å². The van der Waals surface area contributed by atoms with Gasteiger partial charge in [0.05, 0.1) is 13.2 Å². The number of carbonyl (C=O) groups is 1. The predicted molar refractivity (Wildman–Crippen MR) is 73.5 cm³/mol. The van der Waals surface area contributed by atoms with E-state index in [4.69, 9.17) is 4.74 Å². The van der Waals surface area contributed by atoms with Crippen molar-refractivity contribution in [3.8, 4) is 0 Å². The first-order chi connectivity index (χ1) is 8.85. The average molecular weight is 270 g/mol. The Morgan fingerprint density at radius 3 is 2.11 bits per heavy atom. The lowest BCUT2D eigenvalue weighted by Gasteiger charge is -2.23. The number of hydrogen-bond donors (Lipinski definition) is 2. The lowest BCUT2D eigenvalue weighted by atomic mass is 9.82. The minimum Gasteiger partial charge on any atom is -0.450 e. The van der Waals surface area contributed by atoms with Gasteiger partial charge in [0.1, 0.15) is 0 Å². The molecule has 0 amide bonds. The van der Waals surface area contributed by atoms with Crippen LogP contribution >= 0.6 is 0 Å². The van der Waals surface area contributed by atoms with Crippen molar-refractivity contribution in [2.24, 2.45) is 17.8 Å². The summed E-state index contributed by atoms with van der Waals surface area (Å²) in [7, 11) is 0. The van der Waals surface area contributed by atoms with Crippen LogP contribution in [0.5, 0.6) is 0 Å². The van der Waals surface area contributed by atoms with Crippen LogP contribution < -0.4 is 0 Å². The molecule has 0 aromatic carbocycles. The molecule has 0 atom stereocenters. The summed E-state index contributed by atoms with van der Waals surface area (Å²) in [6, 6.07) is 0. The number of ether oxygens (including phenoxy) is 1. The molecule has 0 radical (unpaired) electrons. The van der Waals surface area contributed by atoms with Crippen LogP contribution in [0.3, 0.4) is 0 Å². The molecule has 0 spiro atoms. The molecule has 1 fully saturated rings. The van der Waals surface area contributed by atoms with Gasteiger partial charge < -0.3 is 14.9 Å². The van der Waals surface area contributed by atoms with Crippen molar-refractivity contribution in [3.63, 3.8) is 0 Å². The topological polar surface area (TPSA) is 66.8 Å². The zero-order valence-electron chi connectivity index (χ0n) is 12.3. The molecule has 19 heavy (non-hydrogen) atoms. The first-order valence-electron chi connectivity index (χ1n) is 6.99. The van der Waals surface area contributed by atoms with E-state index < -0.39 is 11.6 Å². The maximum atomic E-state index is 11.7. The molecule has 1 aliphatic rings. The molecule has 2 N–H and O–H groups in total. The number of cyclic esters (lactones) is 1. The van der Waals surface area contributed by atoms with Gasteiger partial charge in [-0.3, -0.25) is 0 Å². The number of aliphatic hydroxyl groups excluding tert-OH is 2. The third-order valence-corrected chi connectivity index (χ3v) is 4.01. The van der Waals surface area contributed by atoms with Gasteiger partial charge in [-0.25, -0.2) is 4.79 Å². The van der Waals surface area contributed by atoms with Crippen LogP contribution in [0.25, 0.3) is 0 Å². The number of aliphatic hydroxyl groups is 2. The van der Waals surface area contributed by atoms with Crippen LogP contribution in [0, 0.1) is 17.8 Å². The maximum Gasteiger partial charge on any atom is 0.334 e. The Morgan fingerprint density at radius 2 is 1.74 bits per heavy atom. The van der Waals surface area contributed by atoms with E-state index in [-0.39, 0.29) is 13.2 Å². The third kappa shape index (κ3) is 3.80. The summed E-state index contributed by atoms with van der Waals surface area (Å²) in [6.07, 6.45) is 3.04. The molecular formula is C15H26O4. The standard InChI is InChI=1S/C15H26O4/c1-10(2)13(11(3)4)6-5-12-7-15(8-16,9-17)19-14(12)18/h5,10-11,13,16-17H,6-9H2,1-4H3/b12-5-. The number of carbonyl (C=O) groups excluding carboxylic acids is 1. The van der Waals surface area contributed by atoms with Crippen LogP contribution in [0.4, 0.5) is 0 Å². The second-order valence-electron chi connectivity index (χ2n) is 6.18. The van der Waals surface area contributed by atoms with E-state index in [1.54, 1.807) is 0 Å². The molecule has 4 heteroatoms. The van der Waals surface area contributed by atoms with Gasteiger partial charge in [0, 0.05) is 12.0 Å². The Labute approximate surface area is 115 Å². The van der Waals surface area contributed by atoms with E-state index in [1.807, 2.05) is 6.08 Å². The minimum absolute atomic E-state index is 0.293. The van der Waals surface area contributed by atoms with Crippen molar-refractivity contribution in [1.29, 1.82) is 0 Å². The summed E-state index contributed by atoms with van der Waals surface area (Å²) < 4.78 is 5.11. The van der Waals surface area contributed by atoms with Gasteiger partial charge in [0.25, 0.3) is 0 Å². The van der Waals surface area contributed by atoms with E-state index in [1.165, 1.54) is 0 Å². The lowest BCUT2D eigenvalue weighted by Crippen LogP contribution is -2.37. The highest BCUT2D eigenvalue weighted by Crippen LogP contribution is 2.32. The van der Waals surface area contributed by atoms with E-state index in [0.717, 1.165) is 6.42 Å². The molecule has 4 nitrogen and oxygen atoms in total. The van der Waals surface area contributed by atoms with Crippen LogP contribution in [-0.2, 0) is 9.53 Å². The smallest absolute Gasteiger partial charge is 0.334 e. The molecule has 0 aromatic rings. The van der Waals surface area contributed by atoms with Crippen molar-refractivity contribution in [2.45, 2.75) is 46.1 Å². The minimum atomic E-state index is -1.12. The first-order valence-corrected chi connectivity index (χ1v) is 6.99. The van der Waals surface area contributed by atoms with E-state index >= 15 is 0 Å². The highest BCUT2D eigenvalue weighted by atomic mass is 16.6. The molecule has 0 aliphatic carbocycles. The maximum absolute atomic E-state index is 11.7. The molecule has 0 bridgehead atoms. The number of rotatable bonds is 6. The predicted octanol–water partition coefficient (Wildman–Crippen LogP) is 1.90. The summed E-state index contributed by atoms with van der Waals surface area (Å²) in [5.74, 6) is 1.21. The van der Waals surface area contributed by atoms with E-state index in [9.17, 15) is 15.0 Å². The van der Waals surface area contributed by atoms with Gasteiger partial charge in [0.15, 0.2) is 5.60 Å². The van der Waals surface area contributed by atoms with E-state index in [0.29, 0.717) is 29.7 Å². The number of esters is 1. The zero-order valence-corrected chi connectivity index (χ0v) is 12.3. The van der Waals surface area contributed by atoms with Crippen molar-refractivity contribution in [3.05, 3.63) is 11.6 Å². The molecule has 0 unspecified atom stereocenters. The Balaban J connectivity index is 2.75. The Bertz CT molecular complexity index is 332. The summed E-state index contributed by atoms with van der Waals surface area (Å²) in [6.45, 7) is 8.04. The van der Waals surface area contributed by atoms with Gasteiger partial charge in [-0.1, -0.05) is 33.8 Å². The van der Waals surface area contributed by atoms with Crippen molar-refractivity contribution < 1.29 is 19.7 Å². The molecule has 1 aliphatic heterocycles. The van der Waals surface area contributed by atoms with Crippen LogP contribution in [0.2, 0.25) is 0 Å². The SMILES string of the molecule is CC(C)C(C/C=C1/CC(CO)(CO)OC1=O)C(C)C. The van der Waals surface area contributed by atoms with Crippen LogP contribution in [-0.4, -0.2) is 35.0 Å². The number of allylic oxidation sites excluding steroid dienone is 1. The summed E-state index contributed by atoms with van der Waals surface area (Å²) in [5.41, 5.74) is -0.539. The second-order valence-corrected chi connectivity index (χ2v) is 6.18. The number of hydrogen-bond acceptors (Lipinski definition) is 4. The fourth-order valence-electron chi connectivity index (χ4n) is 2.69. The van der Waals surface area contributed by atoms with E-state index in [2.05, 4.69) is 27.7 Å². The quantitative estimate of drug-likeness (QED) is 0.571. The highest BCUT2D eigenvalue weighted by Gasteiger charge is 2.42. The molecule has 1 rings (SSSR count). The lowest BCUT2D eigenvalue weighted by molar-refractivity contribution is -0.154. The highest BCUT2D eigenvalue weighted by molar-refractivity contribution is 5.91. The van der Waals surface area contributed by atoms with Crippen molar-refractivity contribution in [1.82, 2.24) is 0 Å². The fraction of sp³-hybridized carbons (Fsp3) is 0.800. The van der Waals surface area contributed by atoms with Gasteiger partial charge in [0.2, 0.25) is 0 Å². The second kappa shape index (κ2) is 6.53.